The van der Waals surface area contributed by atoms with Crippen molar-refractivity contribution in [1.29, 1.82) is 0 Å². The van der Waals surface area contributed by atoms with Gasteiger partial charge in [0, 0.05) is 6.42 Å². The zero-order valence-corrected chi connectivity index (χ0v) is 16.4. The normalized spacial score (nSPS) is 10.9. The molecule has 0 aliphatic rings. The number of hydrogen-bond acceptors (Lipinski definition) is 3. The number of ether oxygens (including phenoxy) is 2. The van der Waals surface area contributed by atoms with Crippen molar-refractivity contribution in [3.63, 3.8) is 0 Å². The predicted octanol–water partition coefficient (Wildman–Crippen LogP) is 5.91. The molecular weight excluding hydrogens is 336 g/mol. The zero-order chi connectivity index (χ0) is 19.3. The maximum atomic E-state index is 12.0. The molecule has 0 aliphatic carbocycles. The number of hydrogen-bond donors (Lipinski definition) is 0. The molecule has 27 heavy (non-hydrogen) atoms. The topological polar surface area (TPSA) is 35.5 Å². The van der Waals surface area contributed by atoms with Crippen molar-refractivity contribution < 1.29 is 14.3 Å². The van der Waals surface area contributed by atoms with Crippen LogP contribution < -0.4 is 9.47 Å². The highest BCUT2D eigenvalue weighted by Crippen LogP contribution is 2.29. The number of carbonyl (C=O) groups is 1. The van der Waals surface area contributed by atoms with Crippen LogP contribution in [0.15, 0.2) is 60.7 Å². The Morgan fingerprint density at radius 1 is 1.00 bits per heavy atom. The lowest BCUT2D eigenvalue weighted by Crippen LogP contribution is -2.00. The van der Waals surface area contributed by atoms with E-state index in [2.05, 4.69) is 6.92 Å². The van der Waals surface area contributed by atoms with Crippen molar-refractivity contribution in [1.82, 2.24) is 0 Å². The SMILES string of the molecule is CCCCC/C=C/C(=O)CCc1ccc(OCc2ccccc2)c(OC)c1. The van der Waals surface area contributed by atoms with Gasteiger partial charge in [-0.2, -0.15) is 0 Å². The van der Waals surface area contributed by atoms with Gasteiger partial charge in [-0.15, -0.1) is 0 Å². The fraction of sp³-hybridized carbons (Fsp3) is 0.375. The van der Waals surface area contributed by atoms with Gasteiger partial charge in [0.1, 0.15) is 6.61 Å². The van der Waals surface area contributed by atoms with Crippen LogP contribution >= 0.6 is 0 Å². The first-order chi connectivity index (χ1) is 13.2. The molecule has 144 valence electrons. The van der Waals surface area contributed by atoms with Crippen molar-refractivity contribution >= 4 is 5.78 Å². The van der Waals surface area contributed by atoms with Crippen LogP contribution in [0.25, 0.3) is 0 Å². The lowest BCUT2D eigenvalue weighted by Gasteiger charge is -2.12. The van der Waals surface area contributed by atoms with Gasteiger partial charge in [0.05, 0.1) is 7.11 Å². The molecule has 2 aromatic rings. The van der Waals surface area contributed by atoms with E-state index in [0.717, 1.165) is 24.0 Å². The van der Waals surface area contributed by atoms with Crippen molar-refractivity contribution in [3.8, 4) is 11.5 Å². The summed E-state index contributed by atoms with van der Waals surface area (Å²) < 4.78 is 11.3. The molecule has 0 saturated heterocycles. The molecule has 2 rings (SSSR count). The summed E-state index contributed by atoms with van der Waals surface area (Å²) in [6.07, 6.45) is 9.50. The molecule has 0 saturated carbocycles. The van der Waals surface area contributed by atoms with E-state index in [-0.39, 0.29) is 5.78 Å². The van der Waals surface area contributed by atoms with Crippen LogP contribution in [-0.2, 0) is 17.8 Å². The molecule has 0 fully saturated rings. The third kappa shape index (κ3) is 7.69. The zero-order valence-electron chi connectivity index (χ0n) is 16.4. The Morgan fingerprint density at radius 3 is 2.56 bits per heavy atom. The Labute approximate surface area is 163 Å². The average molecular weight is 367 g/mol. The first-order valence-corrected chi connectivity index (χ1v) is 9.76. The van der Waals surface area contributed by atoms with Gasteiger partial charge in [0.15, 0.2) is 17.3 Å². The highest BCUT2D eigenvalue weighted by molar-refractivity contribution is 5.89. The van der Waals surface area contributed by atoms with Gasteiger partial charge in [0.2, 0.25) is 0 Å². The lowest BCUT2D eigenvalue weighted by atomic mass is 10.1. The predicted molar refractivity (Wildman–Crippen MR) is 110 cm³/mol. The number of benzene rings is 2. The summed E-state index contributed by atoms with van der Waals surface area (Å²) in [5, 5.41) is 0. The molecule has 0 bridgehead atoms. The maximum Gasteiger partial charge on any atom is 0.161 e. The molecule has 0 heterocycles. The molecule has 0 aliphatic heterocycles. The van der Waals surface area contributed by atoms with Crippen LogP contribution in [0, 0.1) is 0 Å². The van der Waals surface area contributed by atoms with Crippen molar-refractivity contribution in [2.24, 2.45) is 0 Å². The average Bonchev–Trinajstić information content (AvgIpc) is 2.71. The molecule has 0 amide bonds. The second kappa shape index (κ2) is 11.9. The van der Waals surface area contributed by atoms with E-state index in [1.807, 2.05) is 54.6 Å². The molecule has 0 unspecified atom stereocenters. The van der Waals surface area contributed by atoms with Crippen LogP contribution in [-0.4, -0.2) is 12.9 Å². The van der Waals surface area contributed by atoms with Crippen molar-refractivity contribution in [2.75, 3.05) is 7.11 Å². The summed E-state index contributed by atoms with van der Waals surface area (Å²) in [4.78, 5) is 12.0. The van der Waals surface area contributed by atoms with Crippen molar-refractivity contribution in [3.05, 3.63) is 71.8 Å². The lowest BCUT2D eigenvalue weighted by molar-refractivity contribution is -0.114. The van der Waals surface area contributed by atoms with E-state index in [1.54, 1.807) is 13.2 Å². The summed E-state index contributed by atoms with van der Waals surface area (Å²) >= 11 is 0. The smallest absolute Gasteiger partial charge is 0.161 e. The summed E-state index contributed by atoms with van der Waals surface area (Å²) in [6, 6.07) is 15.9. The number of aryl methyl sites for hydroxylation is 1. The second-order valence-electron chi connectivity index (χ2n) is 6.62. The molecule has 2 aromatic carbocycles. The Balaban J connectivity index is 1.84. The minimum atomic E-state index is 0.176. The van der Waals surface area contributed by atoms with Crippen LogP contribution in [0.1, 0.15) is 50.2 Å². The van der Waals surface area contributed by atoms with E-state index in [1.165, 1.54) is 12.8 Å². The molecule has 0 aromatic heterocycles. The highest BCUT2D eigenvalue weighted by atomic mass is 16.5. The van der Waals surface area contributed by atoms with Gasteiger partial charge >= 0.3 is 0 Å². The fourth-order valence-corrected chi connectivity index (χ4v) is 2.80. The Hall–Kier alpha value is -2.55. The Kier molecular flexibility index (Phi) is 9.19. The molecule has 3 heteroatoms. The Morgan fingerprint density at radius 2 is 1.81 bits per heavy atom. The molecule has 3 nitrogen and oxygen atoms in total. The first kappa shape index (κ1) is 20.8. The fourth-order valence-electron chi connectivity index (χ4n) is 2.80. The van der Waals surface area contributed by atoms with Crippen LogP contribution in [0.4, 0.5) is 0 Å². The summed E-state index contributed by atoms with van der Waals surface area (Å²) in [5.74, 6) is 1.59. The summed E-state index contributed by atoms with van der Waals surface area (Å²) in [5.41, 5.74) is 2.19. The number of ketones is 1. The largest absolute Gasteiger partial charge is 0.493 e. The number of methoxy groups -OCH3 is 1. The van der Waals surface area contributed by atoms with Crippen LogP contribution in [0.3, 0.4) is 0 Å². The quantitative estimate of drug-likeness (QED) is 0.346. The number of unbranched alkanes of at least 4 members (excludes halogenated alkanes) is 3. The van der Waals surface area contributed by atoms with E-state index in [4.69, 9.17) is 9.47 Å². The van der Waals surface area contributed by atoms with E-state index in [9.17, 15) is 4.79 Å². The van der Waals surface area contributed by atoms with Gasteiger partial charge in [0.25, 0.3) is 0 Å². The standard InChI is InChI=1S/C24H30O3/c1-3-4-5-6-10-13-22(25)16-14-20-15-17-23(24(18-20)26-2)27-19-21-11-8-7-9-12-21/h7-13,15,17-18H,3-6,14,16,19H2,1-2H3/b13-10+. The minimum absolute atomic E-state index is 0.176. The van der Waals surface area contributed by atoms with Crippen molar-refractivity contribution in [2.45, 2.75) is 52.1 Å². The highest BCUT2D eigenvalue weighted by Gasteiger charge is 2.07. The molecule has 0 atom stereocenters. The monoisotopic (exact) mass is 366 g/mol. The Bertz CT molecular complexity index is 720. The minimum Gasteiger partial charge on any atom is -0.493 e. The van der Waals surface area contributed by atoms with Gasteiger partial charge in [-0.25, -0.2) is 0 Å². The summed E-state index contributed by atoms with van der Waals surface area (Å²) in [7, 11) is 1.64. The second-order valence-corrected chi connectivity index (χ2v) is 6.62. The number of allylic oxidation sites excluding steroid dienone is 2. The van der Waals surface area contributed by atoms with Gasteiger partial charge < -0.3 is 9.47 Å². The molecular formula is C24H30O3. The number of carbonyl (C=O) groups excluding carboxylic acids is 1. The molecule has 0 spiro atoms. The van der Waals surface area contributed by atoms with Gasteiger partial charge in [-0.1, -0.05) is 62.2 Å². The van der Waals surface area contributed by atoms with E-state index >= 15 is 0 Å². The maximum absolute atomic E-state index is 12.0. The van der Waals surface area contributed by atoms with E-state index < -0.39 is 0 Å². The third-order valence-corrected chi connectivity index (χ3v) is 4.40. The summed E-state index contributed by atoms with van der Waals surface area (Å²) in [6.45, 7) is 2.68. The van der Waals surface area contributed by atoms with Gasteiger partial charge in [-0.05, 0) is 48.6 Å². The van der Waals surface area contributed by atoms with Crippen LogP contribution in [0.5, 0.6) is 11.5 Å². The molecule has 0 radical (unpaired) electrons. The van der Waals surface area contributed by atoms with Crippen LogP contribution in [0.2, 0.25) is 0 Å². The third-order valence-electron chi connectivity index (χ3n) is 4.40. The molecule has 0 N–H and O–H groups in total. The van der Waals surface area contributed by atoms with Gasteiger partial charge in [-0.3, -0.25) is 4.79 Å². The van der Waals surface area contributed by atoms with E-state index in [0.29, 0.717) is 30.9 Å². The number of rotatable bonds is 12. The first-order valence-electron chi connectivity index (χ1n) is 9.76.